The van der Waals surface area contributed by atoms with Crippen molar-refractivity contribution >= 4 is 28.4 Å². The van der Waals surface area contributed by atoms with Gasteiger partial charge in [-0.05, 0) is 47.4 Å². The Morgan fingerprint density at radius 3 is 2.83 bits per heavy atom. The number of hydrogen-bond donors (Lipinski definition) is 0. The van der Waals surface area contributed by atoms with Crippen LogP contribution in [0.4, 0.5) is 0 Å². The molecule has 29 heavy (non-hydrogen) atoms. The van der Waals surface area contributed by atoms with Gasteiger partial charge in [0.25, 0.3) is 0 Å². The van der Waals surface area contributed by atoms with Gasteiger partial charge >= 0.3 is 0 Å². The Kier molecular flexibility index (Phi) is 6.04. The third-order valence-corrected chi connectivity index (χ3v) is 6.31. The van der Waals surface area contributed by atoms with Crippen LogP contribution in [0, 0.1) is 0 Å². The van der Waals surface area contributed by atoms with Crippen molar-refractivity contribution in [2.75, 3.05) is 19.9 Å². The van der Waals surface area contributed by atoms with E-state index >= 15 is 0 Å². The smallest absolute Gasteiger partial charge is 0.233 e. The Hall–Kier alpha value is -2.54. The van der Waals surface area contributed by atoms with Crippen molar-refractivity contribution in [1.29, 1.82) is 0 Å². The molecule has 0 radical (unpaired) electrons. The van der Waals surface area contributed by atoms with Crippen LogP contribution in [0.15, 0.2) is 41.6 Å². The predicted octanol–water partition coefficient (Wildman–Crippen LogP) is 3.92. The molecular weight excluding hydrogens is 384 g/mol. The zero-order valence-electron chi connectivity index (χ0n) is 16.9. The largest absolute Gasteiger partial charge is 0.497 e. The molecule has 1 amide bonds. The van der Waals surface area contributed by atoms with Gasteiger partial charge < -0.3 is 14.2 Å². The van der Waals surface area contributed by atoms with Crippen molar-refractivity contribution in [2.24, 2.45) is 0 Å². The van der Waals surface area contributed by atoms with E-state index in [1.165, 1.54) is 24.6 Å². The van der Waals surface area contributed by atoms with Crippen LogP contribution in [0.1, 0.15) is 30.7 Å². The lowest BCUT2D eigenvalue weighted by atomic mass is 10.1. The summed E-state index contributed by atoms with van der Waals surface area (Å²) in [5.41, 5.74) is 1.11. The van der Waals surface area contributed by atoms with Crippen molar-refractivity contribution in [3.63, 3.8) is 0 Å². The maximum absolute atomic E-state index is 12.7. The van der Waals surface area contributed by atoms with E-state index < -0.39 is 0 Å². The number of aryl methyl sites for hydroxylation is 1. The molecule has 0 unspecified atom stereocenters. The maximum Gasteiger partial charge on any atom is 0.233 e. The minimum Gasteiger partial charge on any atom is -0.497 e. The average molecular weight is 411 g/mol. The summed E-state index contributed by atoms with van der Waals surface area (Å²) in [5, 5.41) is 11.7. The summed E-state index contributed by atoms with van der Waals surface area (Å²) in [6.45, 7) is 1.54. The Labute approximate surface area is 175 Å². The second-order valence-electron chi connectivity index (χ2n) is 7.45. The number of benzene rings is 2. The van der Waals surface area contributed by atoms with Crippen LogP contribution < -0.4 is 4.74 Å². The monoisotopic (exact) mass is 410 g/mol. The highest BCUT2D eigenvalue weighted by Gasteiger charge is 2.17. The number of amides is 1. The molecule has 7 heteroatoms. The van der Waals surface area contributed by atoms with E-state index in [4.69, 9.17) is 4.74 Å². The second-order valence-corrected chi connectivity index (χ2v) is 8.39. The summed E-state index contributed by atoms with van der Waals surface area (Å²) < 4.78 is 7.46. The van der Waals surface area contributed by atoms with Crippen molar-refractivity contribution < 1.29 is 9.53 Å². The highest BCUT2D eigenvalue weighted by molar-refractivity contribution is 7.99. The van der Waals surface area contributed by atoms with E-state index in [1.54, 1.807) is 12.0 Å². The van der Waals surface area contributed by atoms with Gasteiger partial charge in [-0.2, -0.15) is 0 Å². The molecule has 0 saturated heterocycles. The molecule has 0 N–H and O–H groups in total. The molecule has 1 aliphatic rings. The normalized spacial score (nSPS) is 13.7. The molecule has 3 aromatic rings. The Morgan fingerprint density at radius 2 is 1.97 bits per heavy atom. The van der Waals surface area contributed by atoms with Gasteiger partial charge in [0.2, 0.25) is 5.91 Å². The van der Waals surface area contributed by atoms with E-state index in [0.29, 0.717) is 12.3 Å². The highest BCUT2D eigenvalue weighted by atomic mass is 32.2. The van der Waals surface area contributed by atoms with Crippen LogP contribution in [0.25, 0.3) is 10.8 Å². The summed E-state index contributed by atoms with van der Waals surface area (Å²) in [7, 11) is 3.52. The molecule has 0 aliphatic carbocycles. The van der Waals surface area contributed by atoms with Gasteiger partial charge in [-0.15, -0.1) is 10.2 Å². The first-order valence-corrected chi connectivity index (χ1v) is 11.0. The number of aromatic nitrogens is 3. The van der Waals surface area contributed by atoms with Crippen LogP contribution in [-0.4, -0.2) is 45.5 Å². The zero-order chi connectivity index (χ0) is 20.2. The van der Waals surface area contributed by atoms with Gasteiger partial charge in [-0.1, -0.05) is 36.4 Å². The lowest BCUT2D eigenvalue weighted by molar-refractivity contribution is -0.127. The van der Waals surface area contributed by atoms with Crippen molar-refractivity contribution in [2.45, 2.75) is 43.9 Å². The number of nitrogens with zero attached hydrogens (tertiary/aromatic N) is 4. The summed E-state index contributed by atoms with van der Waals surface area (Å²) >= 11 is 1.49. The fourth-order valence-electron chi connectivity index (χ4n) is 3.66. The third-order valence-electron chi connectivity index (χ3n) is 5.36. The second kappa shape index (κ2) is 8.86. The fourth-order valence-corrected chi connectivity index (χ4v) is 4.59. The topological polar surface area (TPSA) is 60.2 Å². The van der Waals surface area contributed by atoms with Crippen molar-refractivity contribution in [3.05, 3.63) is 47.8 Å². The minimum atomic E-state index is 0.0933. The molecule has 0 atom stereocenters. The predicted molar refractivity (Wildman–Crippen MR) is 115 cm³/mol. The number of rotatable bonds is 6. The van der Waals surface area contributed by atoms with Gasteiger partial charge in [-0.3, -0.25) is 4.79 Å². The Morgan fingerprint density at radius 1 is 1.14 bits per heavy atom. The first kappa shape index (κ1) is 19.8. The van der Waals surface area contributed by atoms with E-state index in [0.717, 1.165) is 52.5 Å². The Balaban J connectivity index is 1.37. The van der Waals surface area contributed by atoms with Crippen LogP contribution in [0.3, 0.4) is 0 Å². The molecule has 2 heterocycles. The first-order valence-electron chi connectivity index (χ1n) is 9.99. The Bertz CT molecular complexity index is 1020. The summed E-state index contributed by atoms with van der Waals surface area (Å²) in [5.74, 6) is 2.37. The number of carbonyl (C=O) groups is 1. The zero-order valence-corrected chi connectivity index (χ0v) is 17.7. The molecule has 152 valence electrons. The quantitative estimate of drug-likeness (QED) is 0.577. The number of fused-ring (bicyclic) bond motifs is 2. The summed E-state index contributed by atoms with van der Waals surface area (Å²) in [6.07, 6.45) is 4.53. The van der Waals surface area contributed by atoms with Crippen LogP contribution >= 0.6 is 11.8 Å². The lowest BCUT2D eigenvalue weighted by Crippen LogP contribution is -2.27. The van der Waals surface area contributed by atoms with Crippen LogP contribution in [0.5, 0.6) is 5.75 Å². The molecule has 1 aromatic heterocycles. The molecular formula is C22H26N4O2S. The van der Waals surface area contributed by atoms with Crippen LogP contribution in [-0.2, 0) is 24.3 Å². The number of carbonyl (C=O) groups excluding carboxylic acids is 1. The first-order chi connectivity index (χ1) is 14.1. The number of methoxy groups -OCH3 is 1. The lowest BCUT2D eigenvalue weighted by Gasteiger charge is -2.17. The van der Waals surface area contributed by atoms with E-state index in [9.17, 15) is 4.79 Å². The van der Waals surface area contributed by atoms with E-state index in [1.807, 2.05) is 25.2 Å². The van der Waals surface area contributed by atoms with Crippen molar-refractivity contribution in [1.82, 2.24) is 19.7 Å². The van der Waals surface area contributed by atoms with E-state index in [-0.39, 0.29) is 5.91 Å². The minimum absolute atomic E-state index is 0.0933. The summed E-state index contributed by atoms with van der Waals surface area (Å²) in [6, 6.07) is 12.3. The van der Waals surface area contributed by atoms with E-state index in [2.05, 4.69) is 33.0 Å². The van der Waals surface area contributed by atoms with Gasteiger partial charge in [0.1, 0.15) is 11.6 Å². The van der Waals surface area contributed by atoms with Gasteiger partial charge in [0.05, 0.1) is 12.9 Å². The molecule has 4 rings (SSSR count). The molecule has 0 spiro atoms. The molecule has 2 aromatic carbocycles. The molecule has 1 aliphatic heterocycles. The molecule has 0 saturated carbocycles. The molecule has 0 bridgehead atoms. The van der Waals surface area contributed by atoms with Crippen LogP contribution in [0.2, 0.25) is 0 Å². The average Bonchev–Trinajstić information content (AvgIpc) is 2.97. The van der Waals surface area contributed by atoms with Gasteiger partial charge in [0, 0.05) is 26.6 Å². The number of ether oxygens (including phenoxy) is 1. The molecule has 0 fully saturated rings. The number of hydrogen-bond acceptors (Lipinski definition) is 5. The maximum atomic E-state index is 12.7. The fraction of sp³-hybridized carbons (Fsp3) is 0.409. The third kappa shape index (κ3) is 4.56. The molecule has 6 nitrogen and oxygen atoms in total. The SMILES string of the molecule is COc1ccc2cc(CN(C)C(=O)CSc3nnc4n3CCCCC4)ccc2c1. The highest BCUT2D eigenvalue weighted by Crippen LogP contribution is 2.24. The number of thioether (sulfide) groups is 1. The summed E-state index contributed by atoms with van der Waals surface area (Å²) in [4.78, 5) is 14.4. The van der Waals surface area contributed by atoms with Gasteiger partial charge in [0.15, 0.2) is 5.16 Å². The van der Waals surface area contributed by atoms with Gasteiger partial charge in [-0.25, -0.2) is 0 Å². The standard InChI is InChI=1S/C22H26N4O2S/c1-25(14-16-7-8-18-13-19(28-2)10-9-17(18)12-16)21(27)15-29-22-24-23-20-6-4-3-5-11-26(20)22/h7-10,12-13H,3-6,11,14-15H2,1-2H3. The van der Waals surface area contributed by atoms with Crippen molar-refractivity contribution in [3.8, 4) is 5.75 Å².